The second kappa shape index (κ2) is 59.2. The van der Waals surface area contributed by atoms with Crippen molar-refractivity contribution >= 4 is 11.9 Å². The van der Waals surface area contributed by atoms with E-state index in [9.17, 15) is 14.7 Å². The van der Waals surface area contributed by atoms with Crippen LogP contribution in [-0.2, 0) is 19.1 Å². The van der Waals surface area contributed by atoms with Gasteiger partial charge in [0.25, 0.3) is 0 Å². The molecule has 0 aromatic rings. The molecule has 0 saturated carbocycles. The minimum absolute atomic E-state index is 0.0703. The van der Waals surface area contributed by atoms with E-state index in [1.165, 1.54) is 225 Å². The van der Waals surface area contributed by atoms with Gasteiger partial charge in [0.2, 0.25) is 0 Å². The van der Waals surface area contributed by atoms with Gasteiger partial charge in [0.05, 0.1) is 6.61 Å². The fourth-order valence-corrected chi connectivity index (χ4v) is 9.10. The summed E-state index contributed by atoms with van der Waals surface area (Å²) in [5, 5.41) is 9.62. The summed E-state index contributed by atoms with van der Waals surface area (Å²) in [6.45, 7) is 4.04. The molecule has 0 aromatic heterocycles. The number of aliphatic hydroxyl groups excluding tert-OH is 1. The van der Waals surface area contributed by atoms with E-state index in [1.807, 2.05) is 0 Å². The van der Waals surface area contributed by atoms with E-state index >= 15 is 0 Å². The van der Waals surface area contributed by atoms with Gasteiger partial charge < -0.3 is 14.6 Å². The molecule has 5 nitrogen and oxygen atoms in total. The molecule has 0 aromatic carbocycles. The molecule has 0 rings (SSSR count). The molecule has 1 atom stereocenters. The van der Waals surface area contributed by atoms with Crippen LogP contribution in [0, 0.1) is 0 Å². The molecule has 68 heavy (non-hydrogen) atoms. The van der Waals surface area contributed by atoms with Gasteiger partial charge in [-0.3, -0.25) is 9.59 Å². The summed E-state index contributed by atoms with van der Waals surface area (Å²) in [7, 11) is 0. The zero-order valence-corrected chi connectivity index (χ0v) is 45.6. The third-order valence-corrected chi connectivity index (χ3v) is 13.6. The lowest BCUT2D eigenvalue weighted by molar-refractivity contribution is -0.161. The first kappa shape index (κ1) is 65.9. The fraction of sp³-hybridized carbons (Fsp3) is 0.841. The van der Waals surface area contributed by atoms with Gasteiger partial charge in [0, 0.05) is 12.8 Å². The Morgan fingerprint density at radius 1 is 0.353 bits per heavy atom. The first-order valence-corrected chi connectivity index (χ1v) is 30.2. The minimum atomic E-state index is -0.780. The van der Waals surface area contributed by atoms with E-state index in [0.29, 0.717) is 12.8 Å². The van der Waals surface area contributed by atoms with Crippen LogP contribution in [-0.4, -0.2) is 36.4 Å². The van der Waals surface area contributed by atoms with E-state index in [-0.39, 0.29) is 25.2 Å². The Balaban J connectivity index is 3.36. The van der Waals surface area contributed by atoms with Gasteiger partial charge in [0.1, 0.15) is 6.61 Å². The zero-order valence-electron chi connectivity index (χ0n) is 45.6. The molecule has 5 heteroatoms. The molecule has 0 saturated heterocycles. The van der Waals surface area contributed by atoms with E-state index < -0.39 is 6.10 Å². The summed E-state index contributed by atoms with van der Waals surface area (Å²) in [5.41, 5.74) is 0. The zero-order chi connectivity index (χ0) is 49.2. The van der Waals surface area contributed by atoms with Crippen molar-refractivity contribution in [2.24, 2.45) is 0 Å². The molecule has 1 N–H and O–H groups in total. The van der Waals surface area contributed by atoms with Crippen molar-refractivity contribution in [3.8, 4) is 0 Å². The lowest BCUT2D eigenvalue weighted by Gasteiger charge is -2.15. The number of rotatable bonds is 56. The molecule has 0 amide bonds. The summed E-state index contributed by atoms with van der Waals surface area (Å²) in [6, 6.07) is 0. The van der Waals surface area contributed by atoms with Crippen LogP contribution in [0.4, 0.5) is 0 Å². The van der Waals surface area contributed by atoms with Crippen molar-refractivity contribution in [2.45, 2.75) is 328 Å². The van der Waals surface area contributed by atoms with Crippen LogP contribution in [0.15, 0.2) is 48.6 Å². The van der Waals surface area contributed by atoms with Gasteiger partial charge in [-0.25, -0.2) is 0 Å². The first-order valence-electron chi connectivity index (χ1n) is 30.2. The van der Waals surface area contributed by atoms with Crippen LogP contribution >= 0.6 is 0 Å². The molecule has 0 aliphatic carbocycles. The number of esters is 2. The Morgan fingerprint density at radius 2 is 0.632 bits per heavy atom. The average molecular weight is 954 g/mol. The van der Waals surface area contributed by atoms with Crippen LogP contribution in [0.25, 0.3) is 0 Å². The number of ether oxygens (including phenoxy) is 2. The molecule has 1 unspecified atom stereocenters. The molecule has 0 aliphatic heterocycles. The van der Waals surface area contributed by atoms with Crippen molar-refractivity contribution in [2.75, 3.05) is 13.2 Å². The largest absolute Gasteiger partial charge is 0.462 e. The number of carbonyl (C=O) groups excluding carboxylic acids is 2. The predicted octanol–water partition coefficient (Wildman–Crippen LogP) is 20.4. The third kappa shape index (κ3) is 56.4. The van der Waals surface area contributed by atoms with Crippen LogP contribution in [0.5, 0.6) is 0 Å². The monoisotopic (exact) mass is 953 g/mol. The van der Waals surface area contributed by atoms with E-state index in [1.54, 1.807) is 0 Å². The molecule has 0 aliphatic rings. The summed E-state index contributed by atoms with van der Waals surface area (Å²) >= 11 is 0. The van der Waals surface area contributed by atoms with Crippen LogP contribution in [0.1, 0.15) is 322 Å². The Kier molecular flexibility index (Phi) is 57.3. The van der Waals surface area contributed by atoms with Gasteiger partial charge in [-0.2, -0.15) is 0 Å². The molecular formula is C63H116O5. The lowest BCUT2D eigenvalue weighted by atomic mass is 10.0. The number of carbonyl (C=O) groups is 2. The Labute approximate surface area is 424 Å². The Bertz CT molecular complexity index is 1120. The molecule has 0 radical (unpaired) electrons. The van der Waals surface area contributed by atoms with Gasteiger partial charge >= 0.3 is 11.9 Å². The molecule has 0 bridgehead atoms. The van der Waals surface area contributed by atoms with E-state index in [0.717, 1.165) is 70.6 Å². The highest BCUT2D eigenvalue weighted by Crippen LogP contribution is 2.18. The summed E-state index contributed by atoms with van der Waals surface area (Å²) in [5.74, 6) is -0.599. The summed E-state index contributed by atoms with van der Waals surface area (Å²) in [6.07, 6.45) is 78.5. The van der Waals surface area contributed by atoms with Crippen LogP contribution in [0.2, 0.25) is 0 Å². The number of hydrogen-bond acceptors (Lipinski definition) is 5. The number of aliphatic hydroxyl groups is 1. The molecule has 398 valence electrons. The van der Waals surface area contributed by atoms with Crippen molar-refractivity contribution in [1.82, 2.24) is 0 Å². The van der Waals surface area contributed by atoms with Crippen LogP contribution < -0.4 is 0 Å². The van der Waals surface area contributed by atoms with Crippen LogP contribution in [0.3, 0.4) is 0 Å². The Morgan fingerprint density at radius 3 is 0.971 bits per heavy atom. The van der Waals surface area contributed by atoms with Gasteiger partial charge in [-0.1, -0.05) is 287 Å². The maximum absolute atomic E-state index is 12.2. The number of unbranched alkanes of at least 4 members (excludes halogenated alkanes) is 40. The summed E-state index contributed by atoms with van der Waals surface area (Å²) in [4.78, 5) is 24.5. The molecule has 0 fully saturated rings. The number of hydrogen-bond donors (Lipinski definition) is 1. The van der Waals surface area contributed by atoms with Gasteiger partial charge in [-0.15, -0.1) is 0 Å². The van der Waals surface area contributed by atoms with Gasteiger partial charge in [0.15, 0.2) is 6.10 Å². The highest BCUT2D eigenvalue weighted by atomic mass is 16.6. The van der Waals surface area contributed by atoms with E-state index in [2.05, 4.69) is 62.5 Å². The second-order valence-electron chi connectivity index (χ2n) is 20.4. The average Bonchev–Trinajstić information content (AvgIpc) is 3.34. The lowest BCUT2D eigenvalue weighted by Crippen LogP contribution is -2.28. The first-order chi connectivity index (χ1) is 33.6. The minimum Gasteiger partial charge on any atom is -0.462 e. The Hall–Kier alpha value is -2.14. The molecule has 0 spiro atoms. The van der Waals surface area contributed by atoms with E-state index in [4.69, 9.17) is 9.47 Å². The molecule has 0 heterocycles. The highest BCUT2D eigenvalue weighted by Gasteiger charge is 2.16. The maximum atomic E-state index is 12.2. The standard InChI is InChI=1S/C63H116O5/c1-3-5-7-9-11-13-15-17-19-20-21-22-23-24-25-26-27-28-29-30-31-32-33-34-35-36-37-38-39-40-41-42-44-45-47-49-51-53-55-57-62(65)67-60-61(59-64)68-63(66)58-56-54-52-50-48-46-43-18-16-14-12-10-8-6-4-2/h6,8,12,14,18,20-21,43,61,64H,3-5,7,9-11,13,15-17,19,22-42,44-60H2,1-2H3/b8-6-,14-12-,21-20-,43-18-. The van der Waals surface area contributed by atoms with Crippen molar-refractivity contribution in [3.63, 3.8) is 0 Å². The number of allylic oxidation sites excluding steroid dienone is 8. The maximum Gasteiger partial charge on any atom is 0.306 e. The van der Waals surface area contributed by atoms with Gasteiger partial charge in [-0.05, 0) is 70.6 Å². The predicted molar refractivity (Wildman–Crippen MR) is 297 cm³/mol. The van der Waals surface area contributed by atoms with Crippen molar-refractivity contribution in [1.29, 1.82) is 0 Å². The summed E-state index contributed by atoms with van der Waals surface area (Å²) < 4.78 is 10.7. The third-order valence-electron chi connectivity index (χ3n) is 13.6. The highest BCUT2D eigenvalue weighted by molar-refractivity contribution is 5.70. The fourth-order valence-electron chi connectivity index (χ4n) is 9.10. The SMILES string of the molecule is CC/C=C\C/C=C\C/C=C\CCCCCCCC(=O)OC(CO)COC(=O)CCCCCCCCCCCCCCCCCCCCCCCCCCCCC/C=C\CCCCCCCCCC. The second-order valence-corrected chi connectivity index (χ2v) is 20.4. The quantitative estimate of drug-likeness (QED) is 0.0374. The topological polar surface area (TPSA) is 72.8 Å². The van der Waals surface area contributed by atoms with Crippen molar-refractivity contribution in [3.05, 3.63) is 48.6 Å². The molecular weight excluding hydrogens is 837 g/mol. The smallest absolute Gasteiger partial charge is 0.306 e. The van der Waals surface area contributed by atoms with Crippen molar-refractivity contribution < 1.29 is 24.2 Å². The normalized spacial score (nSPS) is 12.5.